The zero-order valence-electron chi connectivity index (χ0n) is 21.5. The van der Waals surface area contributed by atoms with E-state index in [0.29, 0.717) is 0 Å². The molecule has 0 spiro atoms. The molecular weight excluding hydrogens is 418 g/mol. The highest BCUT2D eigenvalue weighted by atomic mass is 16.4. The molecule has 0 saturated carbocycles. The smallest absolute Gasteiger partial charge is 0.331 e. The predicted molar refractivity (Wildman–Crippen MR) is 132 cm³/mol. The second kappa shape index (κ2) is 12.0. The van der Waals surface area contributed by atoms with E-state index in [1.807, 2.05) is 71.9 Å². The van der Waals surface area contributed by atoms with Crippen LogP contribution < -0.4 is 10.6 Å². The van der Waals surface area contributed by atoms with Crippen molar-refractivity contribution >= 4 is 17.8 Å². The van der Waals surface area contributed by atoms with E-state index < -0.39 is 29.5 Å². The number of aliphatic carboxylic acids is 1. The molecule has 0 aliphatic heterocycles. The average Bonchev–Trinajstić information content (AvgIpc) is 2.74. The van der Waals surface area contributed by atoms with Gasteiger partial charge in [0, 0.05) is 18.5 Å². The first-order valence-corrected chi connectivity index (χ1v) is 11.4. The van der Waals surface area contributed by atoms with Crippen molar-refractivity contribution in [3.8, 4) is 0 Å². The van der Waals surface area contributed by atoms with Crippen molar-refractivity contribution in [3.05, 3.63) is 47.5 Å². The van der Waals surface area contributed by atoms with E-state index in [9.17, 15) is 19.5 Å². The number of hydrogen-bond acceptors (Lipinski definition) is 4. The maximum atomic E-state index is 13.6. The van der Waals surface area contributed by atoms with Crippen molar-refractivity contribution < 1.29 is 19.5 Å². The summed E-state index contributed by atoms with van der Waals surface area (Å²) in [6, 6.07) is 8.04. The lowest BCUT2D eigenvalue weighted by atomic mass is 9.84. The molecule has 0 aromatic heterocycles. The lowest BCUT2D eigenvalue weighted by Gasteiger charge is -2.38. The predicted octanol–water partition coefficient (Wildman–Crippen LogP) is 3.42. The Morgan fingerprint density at radius 1 is 1.06 bits per heavy atom. The van der Waals surface area contributed by atoms with Crippen LogP contribution in [0.4, 0.5) is 0 Å². The van der Waals surface area contributed by atoms with E-state index in [2.05, 4.69) is 10.6 Å². The van der Waals surface area contributed by atoms with Gasteiger partial charge in [-0.15, -0.1) is 0 Å². The minimum atomic E-state index is -1.02. The summed E-state index contributed by atoms with van der Waals surface area (Å²) in [5.74, 6) is -1.64. The van der Waals surface area contributed by atoms with Gasteiger partial charge in [-0.2, -0.15) is 0 Å². The lowest BCUT2D eigenvalue weighted by Crippen LogP contribution is -2.59. The van der Waals surface area contributed by atoms with Gasteiger partial charge < -0.3 is 20.6 Å². The Labute approximate surface area is 198 Å². The molecule has 0 radical (unpaired) electrons. The highest BCUT2D eigenvalue weighted by molar-refractivity contribution is 5.91. The second-order valence-corrected chi connectivity index (χ2v) is 10.1. The number of carboxylic acid groups (broad SMARTS) is 1. The molecule has 33 heavy (non-hydrogen) atoms. The summed E-state index contributed by atoms with van der Waals surface area (Å²) >= 11 is 0. The number of carbonyl (C=O) groups excluding carboxylic acids is 2. The third-order valence-corrected chi connectivity index (χ3v) is 6.05. The summed E-state index contributed by atoms with van der Waals surface area (Å²) in [5, 5.41) is 15.4. The van der Waals surface area contributed by atoms with Crippen LogP contribution in [0.1, 0.15) is 59.9 Å². The Hall–Kier alpha value is -2.67. The molecule has 0 aliphatic rings. The summed E-state index contributed by atoms with van der Waals surface area (Å²) in [6.07, 6.45) is 1.60. The molecule has 1 aromatic carbocycles. The minimum absolute atomic E-state index is 0.00673. The number of nitrogens with one attached hydrogen (secondary N) is 2. The van der Waals surface area contributed by atoms with E-state index in [1.165, 1.54) is 6.92 Å². The van der Waals surface area contributed by atoms with E-state index >= 15 is 0 Å². The number of amides is 2. The fourth-order valence-electron chi connectivity index (χ4n) is 3.87. The van der Waals surface area contributed by atoms with E-state index in [-0.39, 0.29) is 29.2 Å². The molecule has 4 atom stereocenters. The first-order valence-electron chi connectivity index (χ1n) is 11.4. The molecule has 184 valence electrons. The van der Waals surface area contributed by atoms with Crippen molar-refractivity contribution in [1.82, 2.24) is 15.5 Å². The monoisotopic (exact) mass is 459 g/mol. The lowest BCUT2D eigenvalue weighted by molar-refractivity contribution is -0.140. The highest BCUT2D eigenvalue weighted by Gasteiger charge is 2.38. The molecule has 0 saturated heterocycles. The van der Waals surface area contributed by atoms with Crippen LogP contribution in [0.3, 0.4) is 0 Å². The van der Waals surface area contributed by atoms with Crippen LogP contribution in [0.5, 0.6) is 0 Å². The average molecular weight is 460 g/mol. The van der Waals surface area contributed by atoms with Gasteiger partial charge in [0.2, 0.25) is 11.8 Å². The van der Waals surface area contributed by atoms with Gasteiger partial charge in [-0.3, -0.25) is 9.59 Å². The Balaban J connectivity index is 3.20. The van der Waals surface area contributed by atoms with Crippen LogP contribution in [0.15, 0.2) is 42.0 Å². The molecule has 0 bridgehead atoms. The van der Waals surface area contributed by atoms with Gasteiger partial charge in [0.05, 0.1) is 12.1 Å². The molecule has 2 unspecified atom stereocenters. The van der Waals surface area contributed by atoms with Gasteiger partial charge >= 0.3 is 5.97 Å². The van der Waals surface area contributed by atoms with Gasteiger partial charge in [0.15, 0.2) is 0 Å². The molecule has 3 N–H and O–H groups in total. The molecule has 7 nitrogen and oxygen atoms in total. The largest absolute Gasteiger partial charge is 0.478 e. The van der Waals surface area contributed by atoms with Crippen LogP contribution in [0.2, 0.25) is 0 Å². The number of likely N-dealkylation sites (N-methyl/N-ethyl adjacent to an activating group) is 2. The maximum absolute atomic E-state index is 13.6. The van der Waals surface area contributed by atoms with Gasteiger partial charge in [0.25, 0.3) is 0 Å². The fourth-order valence-corrected chi connectivity index (χ4v) is 3.87. The number of hydrogen-bond donors (Lipinski definition) is 3. The van der Waals surface area contributed by atoms with E-state index in [0.717, 1.165) is 5.56 Å². The van der Waals surface area contributed by atoms with Crippen molar-refractivity contribution in [2.24, 2.45) is 11.3 Å². The number of carbonyl (C=O) groups is 3. The number of nitrogens with zero attached hydrogens (tertiary/aromatic N) is 1. The number of rotatable bonds is 10. The standard InChI is InChI=1S/C26H41N3O4/c1-16(2)20(15-17(3)25(32)33)29(9)24(31)22(26(5,6)7)28-23(30)21(27-8)18(4)19-13-11-10-12-14-19/h10-16,18,20-22,27H,1-9H3,(H,28,30)(H,32,33)/b17-15+/t18?,20-,21+,22?/m1/s1. The highest BCUT2D eigenvalue weighted by Crippen LogP contribution is 2.25. The molecule has 7 heteroatoms. The quantitative estimate of drug-likeness (QED) is 0.466. The second-order valence-electron chi connectivity index (χ2n) is 10.1. The van der Waals surface area contributed by atoms with Crippen LogP contribution in [-0.4, -0.2) is 60.0 Å². The van der Waals surface area contributed by atoms with Crippen molar-refractivity contribution in [3.63, 3.8) is 0 Å². The zero-order valence-corrected chi connectivity index (χ0v) is 21.5. The SMILES string of the molecule is CN[C@H](C(=O)NC(C(=O)N(C)[C@H](/C=C(\C)C(=O)O)C(C)C)C(C)(C)C)C(C)c1ccccc1. The molecule has 0 aliphatic carbocycles. The van der Waals surface area contributed by atoms with Crippen LogP contribution in [0, 0.1) is 11.3 Å². The summed E-state index contributed by atoms with van der Waals surface area (Å²) in [5.41, 5.74) is 0.649. The number of benzene rings is 1. The Morgan fingerprint density at radius 2 is 1.61 bits per heavy atom. The molecule has 0 heterocycles. The van der Waals surface area contributed by atoms with Gasteiger partial charge in [-0.1, -0.05) is 78.0 Å². The van der Waals surface area contributed by atoms with E-state index in [1.54, 1.807) is 25.1 Å². The van der Waals surface area contributed by atoms with E-state index in [4.69, 9.17) is 0 Å². The third kappa shape index (κ3) is 7.70. The van der Waals surface area contributed by atoms with Crippen LogP contribution >= 0.6 is 0 Å². The molecule has 2 amide bonds. The molecule has 0 fully saturated rings. The summed E-state index contributed by atoms with van der Waals surface area (Å²) in [6.45, 7) is 13.1. The van der Waals surface area contributed by atoms with Crippen LogP contribution in [0.25, 0.3) is 0 Å². The summed E-state index contributed by atoms with van der Waals surface area (Å²) < 4.78 is 0. The fraction of sp³-hybridized carbons (Fsp3) is 0.577. The topological polar surface area (TPSA) is 98.7 Å². The molecular formula is C26H41N3O4. The zero-order chi connectivity index (χ0) is 25.5. The van der Waals surface area contributed by atoms with Crippen molar-refractivity contribution in [1.29, 1.82) is 0 Å². The summed E-state index contributed by atoms with van der Waals surface area (Å²) in [4.78, 5) is 39.8. The van der Waals surface area contributed by atoms with Gasteiger partial charge in [0.1, 0.15) is 6.04 Å². The minimum Gasteiger partial charge on any atom is -0.478 e. The number of carboxylic acids is 1. The van der Waals surface area contributed by atoms with Gasteiger partial charge in [-0.25, -0.2) is 4.79 Å². The Bertz CT molecular complexity index is 843. The van der Waals surface area contributed by atoms with Crippen LogP contribution in [-0.2, 0) is 14.4 Å². The molecule has 1 rings (SSSR count). The first-order chi connectivity index (χ1) is 15.2. The van der Waals surface area contributed by atoms with Crippen molar-refractivity contribution in [2.75, 3.05) is 14.1 Å². The summed E-state index contributed by atoms with van der Waals surface area (Å²) in [7, 11) is 3.39. The maximum Gasteiger partial charge on any atom is 0.331 e. The third-order valence-electron chi connectivity index (χ3n) is 6.05. The normalized spacial score (nSPS) is 16.0. The van der Waals surface area contributed by atoms with Gasteiger partial charge in [-0.05, 0) is 30.9 Å². The first kappa shape index (κ1) is 28.4. The molecule has 1 aromatic rings. The van der Waals surface area contributed by atoms with Crippen molar-refractivity contribution in [2.45, 2.75) is 72.5 Å². The Morgan fingerprint density at radius 3 is 2.03 bits per heavy atom. The Kier molecular flexibility index (Phi) is 10.3.